The summed E-state index contributed by atoms with van der Waals surface area (Å²) in [5.41, 5.74) is 5.30. The quantitative estimate of drug-likeness (QED) is 0.685. The fourth-order valence-corrected chi connectivity index (χ4v) is 4.33. The fraction of sp³-hybridized carbons (Fsp3) is 0.364. The number of hydrogen-bond acceptors (Lipinski definition) is 6. The Bertz CT molecular complexity index is 755. The van der Waals surface area contributed by atoms with E-state index in [0.29, 0.717) is 0 Å². The Morgan fingerprint density at radius 1 is 1.24 bits per heavy atom. The van der Waals surface area contributed by atoms with Crippen LogP contribution >= 0.6 is 0 Å². The van der Waals surface area contributed by atoms with Crippen LogP contribution in [0.25, 0.3) is 0 Å². The van der Waals surface area contributed by atoms with Crippen molar-refractivity contribution < 1.29 is 26.7 Å². The zero-order chi connectivity index (χ0) is 16.4. The predicted octanol–water partition coefficient (Wildman–Crippen LogP) is -0.222. The van der Waals surface area contributed by atoms with E-state index in [2.05, 4.69) is 0 Å². The lowest BCUT2D eigenvalue weighted by Gasteiger charge is -2.21. The van der Waals surface area contributed by atoms with E-state index >= 15 is 0 Å². The zero-order valence-electron chi connectivity index (χ0n) is 11.5. The van der Waals surface area contributed by atoms with Crippen LogP contribution < -0.4 is 10.0 Å². The van der Waals surface area contributed by atoms with Gasteiger partial charge < -0.3 is 10.8 Å². The van der Waals surface area contributed by atoms with Crippen LogP contribution in [0.5, 0.6) is 0 Å². The summed E-state index contributed by atoms with van der Waals surface area (Å²) in [7, 11) is -6.25. The highest BCUT2D eigenvalue weighted by Crippen LogP contribution is 2.24. The number of hydrogen-bond donors (Lipinski definition) is 2. The van der Waals surface area contributed by atoms with Crippen molar-refractivity contribution in [2.24, 2.45) is 0 Å². The molecule has 0 saturated carbocycles. The first-order valence-electron chi connectivity index (χ1n) is 5.71. The summed E-state index contributed by atoms with van der Waals surface area (Å²) in [6.07, 6.45) is 0.925. The van der Waals surface area contributed by atoms with Crippen molar-refractivity contribution >= 4 is 37.2 Å². The Morgan fingerprint density at radius 3 is 2.29 bits per heavy atom. The van der Waals surface area contributed by atoms with Gasteiger partial charge in [0, 0.05) is 19.0 Å². The number of nitrogens with two attached hydrogens (primary N) is 1. The summed E-state index contributed by atoms with van der Waals surface area (Å²) in [4.78, 5) is 11.1. The normalized spacial score (nSPS) is 12.1. The molecule has 8 nitrogen and oxygen atoms in total. The van der Waals surface area contributed by atoms with Crippen LogP contribution in [0, 0.1) is 0 Å². The Kier molecular flexibility index (Phi) is 4.84. The summed E-state index contributed by atoms with van der Waals surface area (Å²) < 4.78 is 47.0. The van der Waals surface area contributed by atoms with E-state index in [1.54, 1.807) is 0 Å². The zero-order valence-corrected chi connectivity index (χ0v) is 13.1. The van der Waals surface area contributed by atoms with Crippen LogP contribution in [0.3, 0.4) is 0 Å². The largest absolute Gasteiger partial charge is 0.478 e. The third kappa shape index (κ3) is 4.60. The van der Waals surface area contributed by atoms with Crippen LogP contribution in [0.4, 0.5) is 11.4 Å². The molecule has 0 aliphatic heterocycles. The Labute approximate surface area is 123 Å². The number of aromatic carboxylic acids is 1. The van der Waals surface area contributed by atoms with Crippen LogP contribution in [0.2, 0.25) is 0 Å². The highest BCUT2D eigenvalue weighted by atomic mass is 32.2. The van der Waals surface area contributed by atoms with Crippen molar-refractivity contribution in [1.82, 2.24) is 0 Å². The van der Waals surface area contributed by atoms with Gasteiger partial charge in [0.1, 0.15) is 9.84 Å². The Morgan fingerprint density at radius 2 is 1.81 bits per heavy atom. The lowest BCUT2D eigenvalue weighted by atomic mass is 10.1. The van der Waals surface area contributed by atoms with Gasteiger partial charge in [0.25, 0.3) is 0 Å². The number of nitrogens with zero attached hydrogens (tertiary/aromatic N) is 1. The monoisotopic (exact) mass is 336 g/mol. The van der Waals surface area contributed by atoms with Gasteiger partial charge in [-0.25, -0.2) is 21.6 Å². The lowest BCUT2D eigenvalue weighted by molar-refractivity contribution is 0.0698. The molecule has 0 bridgehead atoms. The second-order valence-corrected chi connectivity index (χ2v) is 8.87. The van der Waals surface area contributed by atoms with Gasteiger partial charge in [0.2, 0.25) is 10.0 Å². The number of benzene rings is 1. The van der Waals surface area contributed by atoms with Crippen LogP contribution in [0.15, 0.2) is 18.2 Å². The van der Waals surface area contributed by atoms with E-state index in [1.165, 1.54) is 12.1 Å². The molecule has 0 amide bonds. The SMILES string of the molecule is CN(c1ccc(N)cc1C(=O)O)S(=O)(=O)CCS(C)(=O)=O. The van der Waals surface area contributed by atoms with Gasteiger partial charge in [-0.05, 0) is 18.2 Å². The second kappa shape index (κ2) is 5.90. The molecule has 0 aromatic heterocycles. The number of nitrogen functional groups attached to an aromatic ring is 1. The lowest BCUT2D eigenvalue weighted by Crippen LogP contribution is -2.32. The third-order valence-corrected chi connectivity index (χ3v) is 5.67. The Balaban J connectivity index is 3.19. The minimum Gasteiger partial charge on any atom is -0.478 e. The highest BCUT2D eigenvalue weighted by Gasteiger charge is 2.24. The Hall–Kier alpha value is -1.81. The molecular weight excluding hydrogens is 320 g/mol. The molecule has 3 N–H and O–H groups in total. The molecule has 0 aliphatic rings. The van der Waals surface area contributed by atoms with Gasteiger partial charge in [-0.3, -0.25) is 4.31 Å². The minimum absolute atomic E-state index is 0.0785. The molecule has 1 aromatic rings. The molecule has 1 rings (SSSR count). The molecule has 0 fully saturated rings. The topological polar surface area (TPSA) is 135 Å². The smallest absolute Gasteiger partial charge is 0.337 e. The molecular formula is C11H16N2O6S2. The predicted molar refractivity (Wildman–Crippen MR) is 79.7 cm³/mol. The summed E-state index contributed by atoms with van der Waals surface area (Å²) in [5.74, 6) is -2.51. The van der Waals surface area contributed by atoms with Crippen molar-refractivity contribution in [1.29, 1.82) is 0 Å². The van der Waals surface area contributed by atoms with E-state index < -0.39 is 37.3 Å². The van der Waals surface area contributed by atoms with E-state index in [4.69, 9.17) is 10.8 Å². The molecule has 10 heteroatoms. The van der Waals surface area contributed by atoms with Crippen molar-refractivity contribution in [3.8, 4) is 0 Å². The van der Waals surface area contributed by atoms with Gasteiger partial charge in [-0.1, -0.05) is 0 Å². The van der Waals surface area contributed by atoms with E-state index in [1.807, 2.05) is 0 Å². The molecule has 0 spiro atoms. The maximum absolute atomic E-state index is 12.1. The van der Waals surface area contributed by atoms with Gasteiger partial charge in [0.05, 0.1) is 22.8 Å². The average molecular weight is 336 g/mol. The molecule has 0 atom stereocenters. The molecule has 0 heterocycles. The van der Waals surface area contributed by atoms with Crippen molar-refractivity contribution in [2.75, 3.05) is 34.8 Å². The average Bonchev–Trinajstić information content (AvgIpc) is 2.34. The molecule has 1 aromatic carbocycles. The maximum atomic E-state index is 12.1. The van der Waals surface area contributed by atoms with Gasteiger partial charge in [-0.2, -0.15) is 0 Å². The van der Waals surface area contributed by atoms with Gasteiger partial charge in [0.15, 0.2) is 0 Å². The van der Waals surface area contributed by atoms with Crippen molar-refractivity contribution in [3.05, 3.63) is 23.8 Å². The summed E-state index contributed by atoms with van der Waals surface area (Å²) in [6, 6.07) is 3.77. The third-order valence-electron chi connectivity index (χ3n) is 2.72. The van der Waals surface area contributed by atoms with Gasteiger partial charge in [-0.15, -0.1) is 0 Å². The van der Waals surface area contributed by atoms with Crippen LogP contribution in [-0.4, -0.2) is 52.7 Å². The van der Waals surface area contributed by atoms with E-state index in [-0.39, 0.29) is 16.9 Å². The first-order chi connectivity index (χ1) is 9.44. The number of rotatable bonds is 6. The standard InChI is InChI=1S/C11H16N2O6S2/c1-13(21(18,19)6-5-20(2,16)17)10-4-3-8(12)7-9(10)11(14)15/h3-4,7H,5-6,12H2,1-2H3,(H,14,15). The number of carboxylic acid groups (broad SMARTS) is 1. The first kappa shape index (κ1) is 17.2. The number of anilines is 2. The molecule has 118 valence electrons. The fourth-order valence-electron chi connectivity index (χ4n) is 1.54. The van der Waals surface area contributed by atoms with Crippen LogP contribution in [0.1, 0.15) is 10.4 Å². The van der Waals surface area contributed by atoms with Crippen molar-refractivity contribution in [3.63, 3.8) is 0 Å². The number of carbonyl (C=O) groups is 1. The molecule has 0 aliphatic carbocycles. The first-order valence-corrected chi connectivity index (χ1v) is 9.38. The molecule has 0 unspecified atom stereocenters. The highest BCUT2D eigenvalue weighted by molar-refractivity contribution is 7.95. The summed E-state index contributed by atoms with van der Waals surface area (Å²) in [6.45, 7) is 0. The molecule has 21 heavy (non-hydrogen) atoms. The number of carboxylic acids is 1. The molecule has 0 radical (unpaired) electrons. The van der Waals surface area contributed by atoms with E-state index in [9.17, 15) is 21.6 Å². The van der Waals surface area contributed by atoms with Crippen LogP contribution in [-0.2, 0) is 19.9 Å². The maximum Gasteiger partial charge on any atom is 0.337 e. The van der Waals surface area contributed by atoms with Crippen molar-refractivity contribution in [2.45, 2.75) is 0 Å². The molecule has 0 saturated heterocycles. The minimum atomic E-state index is -3.97. The van der Waals surface area contributed by atoms with E-state index in [0.717, 1.165) is 23.7 Å². The summed E-state index contributed by atoms with van der Waals surface area (Å²) in [5, 5.41) is 9.09. The summed E-state index contributed by atoms with van der Waals surface area (Å²) >= 11 is 0. The number of sulfone groups is 1. The second-order valence-electron chi connectivity index (χ2n) is 4.50. The number of sulfonamides is 1. The van der Waals surface area contributed by atoms with Gasteiger partial charge >= 0.3 is 5.97 Å².